The Morgan fingerprint density at radius 2 is 2.03 bits per heavy atom. The molecule has 2 amide bonds. The van der Waals surface area contributed by atoms with E-state index in [-0.39, 0.29) is 11.8 Å². The van der Waals surface area contributed by atoms with Crippen LogP contribution in [0.2, 0.25) is 0 Å². The molecular formula is C23H23N3O3. The van der Waals surface area contributed by atoms with E-state index in [2.05, 4.69) is 10.3 Å². The van der Waals surface area contributed by atoms with Gasteiger partial charge in [-0.15, -0.1) is 0 Å². The van der Waals surface area contributed by atoms with Gasteiger partial charge in [-0.3, -0.25) is 9.59 Å². The van der Waals surface area contributed by atoms with E-state index in [0.717, 1.165) is 23.4 Å². The Kier molecular flexibility index (Phi) is 5.42. The average Bonchev–Trinajstić information content (AvgIpc) is 3.38. The van der Waals surface area contributed by atoms with Gasteiger partial charge in [0, 0.05) is 42.7 Å². The van der Waals surface area contributed by atoms with Crippen LogP contribution in [-0.2, 0) is 11.2 Å². The summed E-state index contributed by atoms with van der Waals surface area (Å²) in [4.78, 5) is 30.6. The fourth-order valence-corrected chi connectivity index (χ4v) is 3.39. The van der Waals surface area contributed by atoms with E-state index < -0.39 is 0 Å². The molecule has 0 saturated carbocycles. The van der Waals surface area contributed by atoms with Gasteiger partial charge < -0.3 is 14.6 Å². The summed E-state index contributed by atoms with van der Waals surface area (Å²) < 4.78 is 5.55. The quantitative estimate of drug-likeness (QED) is 0.697. The van der Waals surface area contributed by atoms with Crippen molar-refractivity contribution < 1.29 is 14.0 Å². The standard InChI is InChI=1S/C23H23N3O3/c1-16-7-9-17(10-8-16)23-25-19(15-29-23)11-12-24-22(28)18-4-2-5-20(14-18)26-13-3-6-21(26)27/h2,4-5,7-10,14-15H,3,6,11-13H2,1H3,(H,24,28). The zero-order valence-corrected chi connectivity index (χ0v) is 16.4. The molecule has 0 bridgehead atoms. The van der Waals surface area contributed by atoms with Crippen LogP contribution >= 0.6 is 0 Å². The second kappa shape index (κ2) is 8.31. The Morgan fingerprint density at radius 1 is 1.21 bits per heavy atom. The van der Waals surface area contributed by atoms with Gasteiger partial charge in [0.2, 0.25) is 11.8 Å². The molecule has 1 saturated heterocycles. The molecule has 0 atom stereocenters. The van der Waals surface area contributed by atoms with E-state index >= 15 is 0 Å². The number of hydrogen-bond donors (Lipinski definition) is 1. The summed E-state index contributed by atoms with van der Waals surface area (Å²) in [5, 5.41) is 2.91. The van der Waals surface area contributed by atoms with E-state index in [0.29, 0.717) is 37.4 Å². The van der Waals surface area contributed by atoms with Gasteiger partial charge >= 0.3 is 0 Å². The number of benzene rings is 2. The van der Waals surface area contributed by atoms with Crippen molar-refractivity contribution in [1.82, 2.24) is 10.3 Å². The van der Waals surface area contributed by atoms with Crippen molar-refractivity contribution in [3.8, 4) is 11.5 Å². The second-order valence-corrected chi connectivity index (χ2v) is 7.22. The number of aromatic nitrogens is 1. The molecule has 1 aromatic heterocycles. The Bertz CT molecular complexity index is 1020. The normalized spacial score (nSPS) is 13.7. The van der Waals surface area contributed by atoms with Crippen molar-refractivity contribution in [2.45, 2.75) is 26.2 Å². The molecule has 2 aromatic carbocycles. The molecule has 0 spiro atoms. The lowest BCUT2D eigenvalue weighted by atomic mass is 10.1. The number of oxazole rings is 1. The summed E-state index contributed by atoms with van der Waals surface area (Å²) in [5.41, 5.74) is 4.22. The largest absolute Gasteiger partial charge is 0.444 e. The summed E-state index contributed by atoms with van der Waals surface area (Å²) >= 11 is 0. The first-order valence-corrected chi connectivity index (χ1v) is 9.80. The number of hydrogen-bond acceptors (Lipinski definition) is 4. The molecule has 6 heteroatoms. The van der Waals surface area contributed by atoms with Gasteiger partial charge in [-0.1, -0.05) is 23.8 Å². The third-order valence-electron chi connectivity index (χ3n) is 5.01. The van der Waals surface area contributed by atoms with E-state index in [1.54, 1.807) is 29.4 Å². The number of nitrogens with zero attached hydrogens (tertiary/aromatic N) is 2. The molecule has 0 radical (unpaired) electrons. The third-order valence-corrected chi connectivity index (χ3v) is 5.01. The molecular weight excluding hydrogens is 366 g/mol. The van der Waals surface area contributed by atoms with E-state index in [1.807, 2.05) is 37.3 Å². The first kappa shape index (κ1) is 18.9. The zero-order chi connectivity index (χ0) is 20.2. The molecule has 29 heavy (non-hydrogen) atoms. The molecule has 2 heterocycles. The topological polar surface area (TPSA) is 75.4 Å². The van der Waals surface area contributed by atoms with Gasteiger partial charge in [-0.05, 0) is 43.7 Å². The molecule has 1 fully saturated rings. The van der Waals surface area contributed by atoms with E-state index in [9.17, 15) is 9.59 Å². The van der Waals surface area contributed by atoms with Crippen LogP contribution in [0, 0.1) is 6.92 Å². The number of carbonyl (C=O) groups is 2. The minimum Gasteiger partial charge on any atom is -0.444 e. The number of anilines is 1. The maximum absolute atomic E-state index is 12.5. The Labute approximate surface area is 169 Å². The smallest absolute Gasteiger partial charge is 0.251 e. The van der Waals surface area contributed by atoms with Crippen molar-refractivity contribution in [3.05, 3.63) is 71.6 Å². The highest BCUT2D eigenvalue weighted by Gasteiger charge is 2.22. The molecule has 0 aliphatic carbocycles. The zero-order valence-electron chi connectivity index (χ0n) is 16.4. The Hall–Kier alpha value is -3.41. The fraction of sp³-hybridized carbons (Fsp3) is 0.261. The van der Waals surface area contributed by atoms with Crippen LogP contribution in [0.25, 0.3) is 11.5 Å². The number of aryl methyl sites for hydroxylation is 1. The molecule has 1 N–H and O–H groups in total. The van der Waals surface area contributed by atoms with E-state index in [1.165, 1.54) is 5.56 Å². The van der Waals surface area contributed by atoms with Crippen molar-refractivity contribution in [3.63, 3.8) is 0 Å². The van der Waals surface area contributed by atoms with Gasteiger partial charge in [0.1, 0.15) is 6.26 Å². The van der Waals surface area contributed by atoms with Crippen LogP contribution in [-0.4, -0.2) is 29.9 Å². The summed E-state index contributed by atoms with van der Waals surface area (Å²) in [6, 6.07) is 15.2. The highest BCUT2D eigenvalue weighted by molar-refractivity contribution is 5.99. The molecule has 1 aliphatic heterocycles. The minimum absolute atomic E-state index is 0.109. The second-order valence-electron chi connectivity index (χ2n) is 7.22. The molecule has 4 rings (SSSR count). The van der Waals surface area contributed by atoms with Gasteiger partial charge in [-0.2, -0.15) is 0 Å². The van der Waals surface area contributed by atoms with Crippen molar-refractivity contribution in [1.29, 1.82) is 0 Å². The summed E-state index contributed by atoms with van der Waals surface area (Å²) in [5.74, 6) is 0.521. The maximum atomic E-state index is 12.5. The maximum Gasteiger partial charge on any atom is 0.251 e. The number of nitrogens with one attached hydrogen (secondary N) is 1. The summed E-state index contributed by atoms with van der Waals surface area (Å²) in [6.45, 7) is 3.19. The summed E-state index contributed by atoms with van der Waals surface area (Å²) in [6.07, 6.45) is 3.63. The number of amides is 2. The van der Waals surface area contributed by atoms with Crippen molar-refractivity contribution in [2.24, 2.45) is 0 Å². The predicted molar refractivity (Wildman–Crippen MR) is 111 cm³/mol. The van der Waals surface area contributed by atoms with Crippen LogP contribution in [0.1, 0.15) is 34.5 Å². The number of carbonyl (C=O) groups excluding carboxylic acids is 2. The first-order chi connectivity index (χ1) is 14.1. The summed E-state index contributed by atoms with van der Waals surface area (Å²) in [7, 11) is 0. The SMILES string of the molecule is Cc1ccc(-c2nc(CCNC(=O)c3cccc(N4CCCC4=O)c3)co2)cc1. The highest BCUT2D eigenvalue weighted by atomic mass is 16.3. The number of rotatable bonds is 6. The Morgan fingerprint density at radius 3 is 2.79 bits per heavy atom. The van der Waals surface area contributed by atoms with Gasteiger partial charge in [0.05, 0.1) is 5.69 Å². The third kappa shape index (κ3) is 4.37. The predicted octanol–water partition coefficient (Wildman–Crippen LogP) is 3.75. The molecule has 3 aromatic rings. The highest BCUT2D eigenvalue weighted by Crippen LogP contribution is 2.22. The minimum atomic E-state index is -0.166. The van der Waals surface area contributed by atoms with Crippen LogP contribution < -0.4 is 10.2 Å². The Balaban J connectivity index is 1.33. The first-order valence-electron chi connectivity index (χ1n) is 9.80. The van der Waals surface area contributed by atoms with Crippen LogP contribution in [0.5, 0.6) is 0 Å². The molecule has 148 valence electrons. The molecule has 1 aliphatic rings. The van der Waals surface area contributed by atoms with Crippen LogP contribution in [0.4, 0.5) is 5.69 Å². The molecule has 0 unspecified atom stereocenters. The van der Waals surface area contributed by atoms with Crippen LogP contribution in [0.15, 0.2) is 59.2 Å². The lowest BCUT2D eigenvalue weighted by molar-refractivity contribution is -0.117. The lowest BCUT2D eigenvalue weighted by Crippen LogP contribution is -2.27. The van der Waals surface area contributed by atoms with E-state index in [4.69, 9.17) is 4.42 Å². The average molecular weight is 389 g/mol. The molecule has 6 nitrogen and oxygen atoms in total. The van der Waals surface area contributed by atoms with Gasteiger partial charge in [0.25, 0.3) is 5.91 Å². The van der Waals surface area contributed by atoms with Crippen molar-refractivity contribution >= 4 is 17.5 Å². The van der Waals surface area contributed by atoms with Crippen molar-refractivity contribution in [2.75, 3.05) is 18.0 Å². The lowest BCUT2D eigenvalue weighted by Gasteiger charge is -2.16. The monoisotopic (exact) mass is 389 g/mol. The van der Waals surface area contributed by atoms with Gasteiger partial charge in [-0.25, -0.2) is 4.98 Å². The fourth-order valence-electron chi connectivity index (χ4n) is 3.39. The van der Waals surface area contributed by atoms with Crippen LogP contribution in [0.3, 0.4) is 0 Å². The van der Waals surface area contributed by atoms with Gasteiger partial charge in [0.15, 0.2) is 0 Å².